The molecule has 0 spiro atoms. The van der Waals surface area contributed by atoms with Gasteiger partial charge in [-0.3, -0.25) is 0 Å². The van der Waals surface area contributed by atoms with Crippen LogP contribution in [-0.2, 0) is 0 Å². The second-order valence-corrected chi connectivity index (χ2v) is 6.78. The minimum atomic E-state index is -1.81. The van der Waals surface area contributed by atoms with E-state index in [9.17, 15) is 25.5 Å². The van der Waals surface area contributed by atoms with E-state index in [1.54, 1.807) is 0 Å². The Morgan fingerprint density at radius 2 is 1.78 bits per heavy atom. The molecule has 0 bridgehead atoms. The van der Waals surface area contributed by atoms with Crippen LogP contribution in [0.3, 0.4) is 0 Å². The van der Waals surface area contributed by atoms with Crippen LogP contribution < -0.4 is 5.32 Å². The van der Waals surface area contributed by atoms with Gasteiger partial charge in [-0.2, -0.15) is 0 Å². The fraction of sp³-hybridized carbons (Fsp3) is 0.765. The number of hydrogen-bond acceptors (Lipinski definition) is 6. The fourth-order valence-electron chi connectivity index (χ4n) is 2.79. The molecule has 1 rings (SSSR count). The van der Waals surface area contributed by atoms with Gasteiger partial charge in [-0.15, -0.1) is 0 Å². The van der Waals surface area contributed by atoms with E-state index in [4.69, 9.17) is 0 Å². The highest BCUT2D eigenvalue weighted by atomic mass is 16.4. The third kappa shape index (κ3) is 5.67. The van der Waals surface area contributed by atoms with Crippen molar-refractivity contribution in [1.82, 2.24) is 5.32 Å². The van der Waals surface area contributed by atoms with E-state index in [-0.39, 0.29) is 6.42 Å². The molecule has 1 fully saturated rings. The van der Waals surface area contributed by atoms with E-state index >= 15 is 0 Å². The Bertz CT molecular complexity index is 433. The first kappa shape index (κ1) is 20.3. The molecule has 23 heavy (non-hydrogen) atoms. The highest BCUT2D eigenvalue weighted by Gasteiger charge is 2.50. The lowest BCUT2D eigenvalue weighted by Gasteiger charge is -2.45. The molecule has 1 saturated carbocycles. The molecule has 6 heteroatoms. The number of aliphatic hydroxyl groups is 5. The molecular weight excluding hydrogens is 298 g/mol. The van der Waals surface area contributed by atoms with Crippen LogP contribution in [0.15, 0.2) is 23.3 Å². The van der Waals surface area contributed by atoms with Gasteiger partial charge in [0.1, 0.15) is 17.8 Å². The van der Waals surface area contributed by atoms with Crippen LogP contribution in [0.1, 0.15) is 40.0 Å². The van der Waals surface area contributed by atoms with Gasteiger partial charge in [0.05, 0.1) is 12.7 Å². The summed E-state index contributed by atoms with van der Waals surface area (Å²) < 4.78 is 0. The monoisotopic (exact) mass is 329 g/mol. The largest absolute Gasteiger partial charge is 0.393 e. The van der Waals surface area contributed by atoms with Gasteiger partial charge in [-0.25, -0.2) is 0 Å². The van der Waals surface area contributed by atoms with Crippen LogP contribution in [0.25, 0.3) is 0 Å². The zero-order valence-corrected chi connectivity index (χ0v) is 14.2. The van der Waals surface area contributed by atoms with E-state index in [0.717, 1.165) is 12.8 Å². The summed E-state index contributed by atoms with van der Waals surface area (Å²) in [5.74, 6) is 0. The third-order valence-corrected chi connectivity index (χ3v) is 4.41. The van der Waals surface area contributed by atoms with Gasteiger partial charge < -0.3 is 30.8 Å². The summed E-state index contributed by atoms with van der Waals surface area (Å²) in [6.07, 6.45) is 1.80. The van der Waals surface area contributed by atoms with Crippen molar-refractivity contribution in [2.45, 2.75) is 70.0 Å². The maximum Gasteiger partial charge on any atom is 0.118 e. The highest BCUT2D eigenvalue weighted by Crippen LogP contribution is 2.29. The Kier molecular flexibility index (Phi) is 7.86. The molecule has 6 nitrogen and oxygen atoms in total. The molecule has 0 unspecified atom stereocenters. The molecule has 0 aromatic heterocycles. The van der Waals surface area contributed by atoms with E-state index in [1.165, 1.54) is 11.1 Å². The number of nitrogens with one attached hydrogen (secondary N) is 1. The normalized spacial score (nSPS) is 35.2. The molecule has 0 aliphatic heterocycles. The lowest BCUT2D eigenvalue weighted by molar-refractivity contribution is -0.206. The third-order valence-electron chi connectivity index (χ3n) is 4.41. The summed E-state index contributed by atoms with van der Waals surface area (Å²) in [6, 6.07) is -0.604. The van der Waals surface area contributed by atoms with Gasteiger partial charge in [0, 0.05) is 12.6 Å². The van der Waals surface area contributed by atoms with Crippen molar-refractivity contribution >= 4 is 0 Å². The molecule has 0 saturated heterocycles. The van der Waals surface area contributed by atoms with Gasteiger partial charge in [-0.1, -0.05) is 23.3 Å². The van der Waals surface area contributed by atoms with E-state index in [1.807, 2.05) is 13.0 Å². The summed E-state index contributed by atoms with van der Waals surface area (Å²) in [7, 11) is 0. The van der Waals surface area contributed by atoms with Crippen LogP contribution in [0, 0.1) is 0 Å². The molecule has 5 atom stereocenters. The Morgan fingerprint density at radius 3 is 2.35 bits per heavy atom. The van der Waals surface area contributed by atoms with Crippen LogP contribution in [0.4, 0.5) is 0 Å². The Morgan fingerprint density at radius 1 is 1.13 bits per heavy atom. The van der Waals surface area contributed by atoms with Crippen molar-refractivity contribution in [3.05, 3.63) is 23.3 Å². The lowest BCUT2D eigenvalue weighted by Crippen LogP contribution is -2.66. The van der Waals surface area contributed by atoms with Crippen molar-refractivity contribution in [2.24, 2.45) is 0 Å². The van der Waals surface area contributed by atoms with Gasteiger partial charge in [-0.05, 0) is 40.0 Å². The second kappa shape index (κ2) is 8.92. The van der Waals surface area contributed by atoms with Crippen molar-refractivity contribution in [3.8, 4) is 0 Å². The van der Waals surface area contributed by atoms with Crippen LogP contribution in [0.5, 0.6) is 0 Å². The summed E-state index contributed by atoms with van der Waals surface area (Å²) in [4.78, 5) is 0. The van der Waals surface area contributed by atoms with Crippen molar-refractivity contribution in [3.63, 3.8) is 0 Å². The minimum absolute atomic E-state index is 0.0342. The quantitative estimate of drug-likeness (QED) is 0.362. The number of allylic oxidation sites excluding steroid dienone is 3. The topological polar surface area (TPSA) is 113 Å². The Labute approximate surface area is 138 Å². The maximum atomic E-state index is 10.2. The first-order valence-corrected chi connectivity index (χ1v) is 8.11. The van der Waals surface area contributed by atoms with Gasteiger partial charge in [0.15, 0.2) is 0 Å². The van der Waals surface area contributed by atoms with Crippen LogP contribution >= 0.6 is 0 Å². The Hall–Kier alpha value is -0.760. The second-order valence-electron chi connectivity index (χ2n) is 6.78. The zero-order chi connectivity index (χ0) is 17.6. The van der Waals surface area contributed by atoms with E-state index < -0.39 is 36.6 Å². The predicted molar refractivity (Wildman–Crippen MR) is 88.9 cm³/mol. The SMILES string of the molecule is CC(C)=CCC/C(C)=C/CN[C@H]1C[C@](O)(CO)[C@@H](O)[C@H](O)[C@H]1O. The lowest BCUT2D eigenvalue weighted by atomic mass is 9.76. The van der Waals surface area contributed by atoms with E-state index in [2.05, 4.69) is 25.2 Å². The number of rotatable bonds is 7. The summed E-state index contributed by atoms with van der Waals surface area (Å²) in [6.45, 7) is 5.96. The number of aliphatic hydroxyl groups excluding tert-OH is 4. The standard InChI is InChI=1S/C17H31NO5/c1-11(2)5-4-6-12(3)7-8-18-13-9-17(23,10-19)16(22)15(21)14(13)20/h5,7,13-16,18-23H,4,6,8-10H2,1-3H3/b12-7+/t13-,14-,15+,16-,17-/m0/s1. The average molecular weight is 329 g/mol. The molecule has 0 amide bonds. The van der Waals surface area contributed by atoms with Gasteiger partial charge in [0.25, 0.3) is 0 Å². The number of hydrogen-bond donors (Lipinski definition) is 6. The minimum Gasteiger partial charge on any atom is -0.393 e. The first-order valence-electron chi connectivity index (χ1n) is 8.11. The summed E-state index contributed by atoms with van der Waals surface area (Å²) in [5.41, 5.74) is 0.689. The zero-order valence-electron chi connectivity index (χ0n) is 14.2. The molecule has 0 heterocycles. The smallest absolute Gasteiger partial charge is 0.118 e. The maximum absolute atomic E-state index is 10.2. The van der Waals surface area contributed by atoms with E-state index in [0.29, 0.717) is 6.54 Å². The van der Waals surface area contributed by atoms with Crippen LogP contribution in [0.2, 0.25) is 0 Å². The molecule has 1 aliphatic rings. The van der Waals surface area contributed by atoms with Gasteiger partial charge >= 0.3 is 0 Å². The first-order chi connectivity index (χ1) is 10.7. The van der Waals surface area contributed by atoms with Crippen molar-refractivity contribution in [2.75, 3.05) is 13.2 Å². The molecule has 1 aliphatic carbocycles. The summed E-state index contributed by atoms with van der Waals surface area (Å²) in [5, 5.41) is 52.1. The highest BCUT2D eigenvalue weighted by molar-refractivity contribution is 5.07. The molecule has 0 aromatic rings. The molecular formula is C17H31NO5. The molecule has 0 radical (unpaired) electrons. The fourth-order valence-corrected chi connectivity index (χ4v) is 2.79. The predicted octanol–water partition coefficient (Wildman–Crippen LogP) is -0.153. The Balaban J connectivity index is 2.54. The van der Waals surface area contributed by atoms with Gasteiger partial charge in [0.2, 0.25) is 0 Å². The average Bonchev–Trinajstić information content (AvgIpc) is 2.50. The molecule has 134 valence electrons. The molecule has 6 N–H and O–H groups in total. The summed E-state index contributed by atoms with van der Waals surface area (Å²) >= 11 is 0. The molecule has 0 aromatic carbocycles. The van der Waals surface area contributed by atoms with Crippen LogP contribution in [-0.4, -0.2) is 68.6 Å². The van der Waals surface area contributed by atoms with Crippen molar-refractivity contribution < 1.29 is 25.5 Å². The van der Waals surface area contributed by atoms with Crippen molar-refractivity contribution in [1.29, 1.82) is 0 Å².